The molecule has 3 heterocycles. The maximum Gasteiger partial charge on any atom is 0.294 e. The van der Waals surface area contributed by atoms with Crippen LogP contribution in [0.2, 0.25) is 0 Å². The zero-order valence-electron chi connectivity index (χ0n) is 21.2. The Morgan fingerprint density at radius 1 is 1.03 bits per heavy atom. The highest BCUT2D eigenvalue weighted by atomic mass is 16.3. The first kappa shape index (κ1) is 24.1. The summed E-state index contributed by atoms with van der Waals surface area (Å²) in [5.41, 5.74) is 3.14. The number of hydrogen-bond donors (Lipinski definition) is 1. The molecule has 2 atom stereocenters. The van der Waals surface area contributed by atoms with Crippen molar-refractivity contribution in [2.24, 2.45) is 0 Å². The van der Waals surface area contributed by atoms with Crippen molar-refractivity contribution in [2.45, 2.75) is 95.6 Å². The Morgan fingerprint density at radius 2 is 1.77 bits per heavy atom. The normalized spacial score (nSPS) is 24.9. The molecule has 5 rings (SSSR count). The van der Waals surface area contributed by atoms with Crippen molar-refractivity contribution < 1.29 is 14.0 Å². The summed E-state index contributed by atoms with van der Waals surface area (Å²) in [6.07, 6.45) is 14.3. The molecule has 1 aliphatic carbocycles. The highest BCUT2D eigenvalue weighted by Gasteiger charge is 2.38. The lowest BCUT2D eigenvalue weighted by Gasteiger charge is -2.44. The number of rotatable bonds is 2. The third-order valence-electron chi connectivity index (χ3n) is 8.42. The van der Waals surface area contributed by atoms with Crippen LogP contribution >= 0.6 is 0 Å². The molecule has 1 unspecified atom stereocenters. The van der Waals surface area contributed by atoms with Gasteiger partial charge in [-0.3, -0.25) is 9.59 Å². The fraction of sp³-hybridized carbons (Fsp3) is 0.586. The van der Waals surface area contributed by atoms with E-state index < -0.39 is 0 Å². The largest absolute Gasteiger partial charge is 0.459 e. The summed E-state index contributed by atoms with van der Waals surface area (Å²) in [5, 5.41) is 3.94. The lowest BCUT2D eigenvalue weighted by atomic mass is 9.73. The van der Waals surface area contributed by atoms with Gasteiger partial charge in [-0.1, -0.05) is 44.6 Å². The molecule has 2 aromatic rings. The Balaban J connectivity index is 1.47. The van der Waals surface area contributed by atoms with Crippen molar-refractivity contribution in [3.05, 3.63) is 47.9 Å². The van der Waals surface area contributed by atoms with Crippen LogP contribution < -0.4 is 15.1 Å². The minimum Gasteiger partial charge on any atom is -0.459 e. The zero-order valence-corrected chi connectivity index (χ0v) is 21.2. The monoisotopic (exact) mass is 477 g/mol. The number of nitrogens with one attached hydrogen (secondary N) is 1. The fourth-order valence-corrected chi connectivity index (χ4v) is 6.68. The molecule has 1 saturated carbocycles. The van der Waals surface area contributed by atoms with Crippen LogP contribution in [0.15, 0.2) is 41.0 Å². The van der Waals surface area contributed by atoms with E-state index >= 15 is 0 Å². The standard InChI is InChI=1S/C29H39N3O3/c1-21-20-31(28(34)27-10-9-17-35-27)26-18-23(11-12-25(26)32(21)22(2)33)24-13-16-30-29(19-24)14-7-5-3-4-6-8-15-29/h9-12,17-18,21,24,30H,3-8,13-16,19-20H2,1-2H3/t21-,24?/m0/s1. The van der Waals surface area contributed by atoms with Gasteiger partial charge in [0.1, 0.15) is 0 Å². The van der Waals surface area contributed by atoms with Gasteiger partial charge in [0.15, 0.2) is 5.76 Å². The fourth-order valence-electron chi connectivity index (χ4n) is 6.68. The van der Waals surface area contributed by atoms with Gasteiger partial charge in [-0.15, -0.1) is 0 Å². The minimum atomic E-state index is -0.151. The van der Waals surface area contributed by atoms with E-state index in [0.717, 1.165) is 30.8 Å². The molecule has 2 aliphatic heterocycles. The van der Waals surface area contributed by atoms with E-state index in [0.29, 0.717) is 18.2 Å². The quantitative estimate of drug-likeness (QED) is 0.574. The van der Waals surface area contributed by atoms with Crippen molar-refractivity contribution in [1.29, 1.82) is 0 Å². The maximum atomic E-state index is 13.4. The van der Waals surface area contributed by atoms with Crippen LogP contribution in [0.25, 0.3) is 0 Å². The maximum absolute atomic E-state index is 13.4. The van der Waals surface area contributed by atoms with E-state index in [1.165, 1.54) is 63.2 Å². The van der Waals surface area contributed by atoms with Crippen LogP contribution in [0.3, 0.4) is 0 Å². The molecule has 35 heavy (non-hydrogen) atoms. The average molecular weight is 478 g/mol. The van der Waals surface area contributed by atoms with Gasteiger partial charge in [-0.05, 0) is 74.9 Å². The minimum absolute atomic E-state index is 0.00278. The molecular formula is C29H39N3O3. The molecule has 1 N–H and O–H groups in total. The first-order valence-electron chi connectivity index (χ1n) is 13.5. The summed E-state index contributed by atoms with van der Waals surface area (Å²) >= 11 is 0. The average Bonchev–Trinajstić information content (AvgIpc) is 3.41. The van der Waals surface area contributed by atoms with Gasteiger partial charge in [0.2, 0.25) is 5.91 Å². The molecule has 1 aromatic carbocycles. The van der Waals surface area contributed by atoms with Crippen LogP contribution in [-0.2, 0) is 4.79 Å². The van der Waals surface area contributed by atoms with Crippen molar-refractivity contribution in [1.82, 2.24) is 5.32 Å². The first-order chi connectivity index (χ1) is 17.0. The lowest BCUT2D eigenvalue weighted by molar-refractivity contribution is -0.117. The van der Waals surface area contributed by atoms with E-state index in [1.807, 2.05) is 11.8 Å². The Bertz CT molecular complexity index is 1040. The molecule has 2 amide bonds. The smallest absolute Gasteiger partial charge is 0.294 e. The van der Waals surface area contributed by atoms with E-state index in [4.69, 9.17) is 4.42 Å². The molecule has 1 saturated heterocycles. The van der Waals surface area contributed by atoms with E-state index in [1.54, 1.807) is 24.0 Å². The third-order valence-corrected chi connectivity index (χ3v) is 8.42. The van der Waals surface area contributed by atoms with Gasteiger partial charge in [-0.25, -0.2) is 0 Å². The number of nitrogens with zero attached hydrogens (tertiary/aromatic N) is 2. The predicted molar refractivity (Wildman–Crippen MR) is 139 cm³/mol. The van der Waals surface area contributed by atoms with Crippen LogP contribution in [0.1, 0.15) is 100 Å². The van der Waals surface area contributed by atoms with E-state index in [2.05, 4.69) is 23.5 Å². The van der Waals surface area contributed by atoms with Crippen LogP contribution in [0.5, 0.6) is 0 Å². The van der Waals surface area contributed by atoms with Crippen molar-refractivity contribution in [2.75, 3.05) is 22.9 Å². The summed E-state index contributed by atoms with van der Waals surface area (Å²) in [4.78, 5) is 29.6. The summed E-state index contributed by atoms with van der Waals surface area (Å²) in [6.45, 7) is 5.08. The Labute approximate surface area is 209 Å². The number of benzene rings is 1. The Kier molecular flexibility index (Phi) is 7.01. The first-order valence-corrected chi connectivity index (χ1v) is 13.5. The number of piperidine rings is 1. The van der Waals surface area contributed by atoms with Gasteiger partial charge >= 0.3 is 0 Å². The molecule has 0 bridgehead atoms. The third kappa shape index (κ3) is 4.90. The summed E-state index contributed by atoms with van der Waals surface area (Å²) in [7, 11) is 0. The zero-order chi connectivity index (χ0) is 24.4. The molecule has 6 nitrogen and oxygen atoms in total. The van der Waals surface area contributed by atoms with Crippen LogP contribution in [0, 0.1) is 0 Å². The molecular weight excluding hydrogens is 438 g/mol. The van der Waals surface area contributed by atoms with Crippen molar-refractivity contribution in [3.8, 4) is 0 Å². The molecule has 1 aromatic heterocycles. The highest BCUT2D eigenvalue weighted by molar-refractivity contribution is 6.09. The highest BCUT2D eigenvalue weighted by Crippen LogP contribution is 2.43. The molecule has 0 radical (unpaired) electrons. The Morgan fingerprint density at radius 3 is 2.46 bits per heavy atom. The van der Waals surface area contributed by atoms with Gasteiger partial charge in [0.05, 0.1) is 23.7 Å². The predicted octanol–water partition coefficient (Wildman–Crippen LogP) is 6.02. The SMILES string of the molecule is CC(=O)N1c2ccc(C3CCNC4(CCCCCCCC4)C3)cc2N(C(=O)c2ccco2)C[C@@H]1C. The number of anilines is 2. The Hall–Kier alpha value is -2.60. The molecule has 6 heteroatoms. The van der Waals surface area contributed by atoms with Gasteiger partial charge < -0.3 is 19.5 Å². The van der Waals surface area contributed by atoms with Gasteiger partial charge in [-0.2, -0.15) is 0 Å². The van der Waals surface area contributed by atoms with Gasteiger partial charge in [0, 0.05) is 19.0 Å². The number of hydrogen-bond acceptors (Lipinski definition) is 4. The number of furan rings is 1. The number of amides is 2. The van der Waals surface area contributed by atoms with Crippen LogP contribution in [0.4, 0.5) is 11.4 Å². The molecule has 188 valence electrons. The topological polar surface area (TPSA) is 65.8 Å². The van der Waals surface area contributed by atoms with Crippen molar-refractivity contribution in [3.63, 3.8) is 0 Å². The second-order valence-electron chi connectivity index (χ2n) is 10.9. The number of carbonyl (C=O) groups is 2. The molecule has 1 spiro atoms. The van der Waals surface area contributed by atoms with E-state index in [-0.39, 0.29) is 23.4 Å². The summed E-state index contributed by atoms with van der Waals surface area (Å²) in [5.74, 6) is 0.633. The van der Waals surface area contributed by atoms with Crippen molar-refractivity contribution >= 4 is 23.2 Å². The second kappa shape index (κ2) is 10.2. The second-order valence-corrected chi connectivity index (χ2v) is 10.9. The van der Waals surface area contributed by atoms with Gasteiger partial charge in [0.25, 0.3) is 5.91 Å². The van der Waals surface area contributed by atoms with Crippen LogP contribution in [-0.4, -0.2) is 36.5 Å². The van der Waals surface area contributed by atoms with E-state index in [9.17, 15) is 9.59 Å². The molecule has 3 aliphatic rings. The summed E-state index contributed by atoms with van der Waals surface area (Å²) in [6, 6.07) is 9.78. The lowest BCUT2D eigenvalue weighted by Crippen LogP contribution is -2.51. The summed E-state index contributed by atoms with van der Waals surface area (Å²) < 4.78 is 5.45. The number of carbonyl (C=O) groups excluding carboxylic acids is 2. The number of fused-ring (bicyclic) bond motifs is 1. The molecule has 2 fully saturated rings.